The molecule has 1 aliphatic rings. The maximum atomic E-state index is 12.9. The third-order valence-corrected chi connectivity index (χ3v) is 3.06. The topological polar surface area (TPSA) is 49.8 Å². The van der Waals surface area contributed by atoms with Crippen LogP contribution in [0.3, 0.4) is 0 Å². The molecule has 1 fully saturated rings. The van der Waals surface area contributed by atoms with E-state index in [2.05, 4.69) is 20.6 Å². The minimum absolute atomic E-state index is 0.247. The van der Waals surface area contributed by atoms with E-state index in [1.807, 2.05) is 13.1 Å². The van der Waals surface area contributed by atoms with Crippen LogP contribution < -0.4 is 10.6 Å². The molecule has 19 heavy (non-hydrogen) atoms. The van der Waals surface area contributed by atoms with Crippen molar-refractivity contribution >= 4 is 17.3 Å². The van der Waals surface area contributed by atoms with Gasteiger partial charge in [-0.25, -0.2) is 14.4 Å². The predicted molar refractivity (Wildman–Crippen MR) is 73.2 cm³/mol. The Balaban J connectivity index is 1.86. The lowest BCUT2D eigenvalue weighted by Gasteiger charge is -2.09. The largest absolute Gasteiger partial charge is 0.373 e. The smallest absolute Gasteiger partial charge is 0.136 e. The Labute approximate surface area is 111 Å². The van der Waals surface area contributed by atoms with Crippen LogP contribution in [0, 0.1) is 5.82 Å². The van der Waals surface area contributed by atoms with Crippen LogP contribution in [0.4, 0.5) is 21.7 Å². The molecule has 0 saturated heterocycles. The summed E-state index contributed by atoms with van der Waals surface area (Å²) in [4.78, 5) is 8.95. The molecule has 1 aromatic heterocycles. The monoisotopic (exact) mass is 258 g/mol. The molecule has 98 valence electrons. The van der Waals surface area contributed by atoms with Gasteiger partial charge in [-0.3, -0.25) is 0 Å². The fourth-order valence-corrected chi connectivity index (χ4v) is 1.86. The molecular formula is C14H15FN4. The Hall–Kier alpha value is -2.17. The fourth-order valence-electron chi connectivity index (χ4n) is 1.86. The molecule has 0 radical (unpaired) electrons. The molecule has 1 saturated carbocycles. The van der Waals surface area contributed by atoms with Gasteiger partial charge in [-0.2, -0.15) is 0 Å². The number of benzene rings is 1. The van der Waals surface area contributed by atoms with Gasteiger partial charge in [-0.15, -0.1) is 0 Å². The summed E-state index contributed by atoms with van der Waals surface area (Å²) >= 11 is 0. The summed E-state index contributed by atoms with van der Waals surface area (Å²) in [5.74, 6) is 2.63. The SMILES string of the molecule is CNc1cc(Nc2ccc(F)cc2)nc(C2CC2)n1. The van der Waals surface area contributed by atoms with Crippen LogP contribution >= 0.6 is 0 Å². The number of halogens is 1. The third kappa shape index (κ3) is 2.81. The number of hydrogen-bond acceptors (Lipinski definition) is 4. The van der Waals surface area contributed by atoms with Gasteiger partial charge in [0, 0.05) is 24.7 Å². The van der Waals surface area contributed by atoms with Gasteiger partial charge in [0.2, 0.25) is 0 Å². The second-order valence-corrected chi connectivity index (χ2v) is 4.65. The lowest BCUT2D eigenvalue weighted by Crippen LogP contribution is -2.03. The number of nitrogens with zero attached hydrogens (tertiary/aromatic N) is 2. The molecule has 5 heteroatoms. The van der Waals surface area contributed by atoms with Crippen LogP contribution in [-0.4, -0.2) is 17.0 Å². The van der Waals surface area contributed by atoms with E-state index in [9.17, 15) is 4.39 Å². The summed E-state index contributed by atoms with van der Waals surface area (Å²) < 4.78 is 12.9. The summed E-state index contributed by atoms with van der Waals surface area (Å²) in [7, 11) is 1.83. The van der Waals surface area contributed by atoms with Crippen molar-refractivity contribution in [3.63, 3.8) is 0 Å². The molecule has 1 heterocycles. The van der Waals surface area contributed by atoms with Gasteiger partial charge >= 0.3 is 0 Å². The van der Waals surface area contributed by atoms with Gasteiger partial charge in [-0.05, 0) is 37.1 Å². The standard InChI is InChI=1S/C14H15FN4/c1-16-12-8-13(19-14(18-12)9-2-3-9)17-11-6-4-10(15)5-7-11/h4-9H,2-3H2,1H3,(H2,16,17,18,19). The van der Waals surface area contributed by atoms with Crippen molar-refractivity contribution in [3.05, 3.63) is 42.0 Å². The number of hydrogen-bond donors (Lipinski definition) is 2. The molecule has 0 aliphatic heterocycles. The Morgan fingerprint density at radius 2 is 1.79 bits per heavy atom. The maximum absolute atomic E-state index is 12.9. The molecule has 3 rings (SSSR count). The number of rotatable bonds is 4. The van der Waals surface area contributed by atoms with Crippen molar-refractivity contribution < 1.29 is 4.39 Å². The first-order chi connectivity index (χ1) is 9.24. The Bertz CT molecular complexity index is 578. The molecule has 1 aromatic carbocycles. The van der Waals surface area contributed by atoms with Gasteiger partial charge in [0.15, 0.2) is 0 Å². The van der Waals surface area contributed by atoms with Gasteiger partial charge in [0.1, 0.15) is 23.3 Å². The summed E-state index contributed by atoms with van der Waals surface area (Å²) in [5.41, 5.74) is 0.809. The van der Waals surface area contributed by atoms with Crippen LogP contribution in [0.2, 0.25) is 0 Å². The maximum Gasteiger partial charge on any atom is 0.136 e. The predicted octanol–water partition coefficient (Wildman–Crippen LogP) is 3.28. The van der Waals surface area contributed by atoms with Crippen molar-refractivity contribution in [1.82, 2.24) is 9.97 Å². The van der Waals surface area contributed by atoms with Crippen LogP contribution in [-0.2, 0) is 0 Å². The molecule has 0 bridgehead atoms. The highest BCUT2D eigenvalue weighted by Gasteiger charge is 2.27. The molecule has 0 unspecified atom stereocenters. The average molecular weight is 258 g/mol. The first-order valence-corrected chi connectivity index (χ1v) is 6.34. The quantitative estimate of drug-likeness (QED) is 0.883. The minimum Gasteiger partial charge on any atom is -0.373 e. The molecule has 4 nitrogen and oxygen atoms in total. The molecule has 0 spiro atoms. The fraction of sp³-hybridized carbons (Fsp3) is 0.286. The van der Waals surface area contributed by atoms with Gasteiger partial charge in [0.05, 0.1) is 0 Å². The lowest BCUT2D eigenvalue weighted by molar-refractivity contribution is 0.628. The van der Waals surface area contributed by atoms with Crippen molar-refractivity contribution in [2.24, 2.45) is 0 Å². The molecule has 2 N–H and O–H groups in total. The lowest BCUT2D eigenvalue weighted by atomic mass is 10.3. The normalized spacial score (nSPS) is 14.2. The summed E-state index contributed by atoms with van der Waals surface area (Å²) in [6.45, 7) is 0. The Kier molecular flexibility index (Phi) is 3.03. The van der Waals surface area contributed by atoms with Crippen molar-refractivity contribution in [2.75, 3.05) is 17.7 Å². The minimum atomic E-state index is -0.247. The molecule has 0 atom stereocenters. The molecule has 1 aliphatic carbocycles. The van der Waals surface area contributed by atoms with Crippen LogP contribution in [0.15, 0.2) is 30.3 Å². The van der Waals surface area contributed by atoms with E-state index in [1.165, 1.54) is 12.1 Å². The number of nitrogens with one attached hydrogen (secondary N) is 2. The van der Waals surface area contributed by atoms with Crippen LogP contribution in [0.25, 0.3) is 0 Å². The summed E-state index contributed by atoms with van der Waals surface area (Å²) in [5, 5.41) is 6.21. The van der Waals surface area contributed by atoms with E-state index in [0.717, 1.165) is 36.0 Å². The zero-order valence-corrected chi connectivity index (χ0v) is 10.7. The Morgan fingerprint density at radius 3 is 2.42 bits per heavy atom. The van der Waals surface area contributed by atoms with E-state index in [0.29, 0.717) is 5.92 Å². The van der Waals surface area contributed by atoms with E-state index >= 15 is 0 Å². The average Bonchev–Trinajstić information content (AvgIpc) is 3.25. The van der Waals surface area contributed by atoms with Crippen LogP contribution in [0.1, 0.15) is 24.6 Å². The zero-order chi connectivity index (χ0) is 13.2. The van der Waals surface area contributed by atoms with Crippen LogP contribution in [0.5, 0.6) is 0 Å². The van der Waals surface area contributed by atoms with E-state index in [1.54, 1.807) is 12.1 Å². The highest BCUT2D eigenvalue weighted by atomic mass is 19.1. The van der Waals surface area contributed by atoms with Gasteiger partial charge in [-0.1, -0.05) is 0 Å². The number of anilines is 3. The third-order valence-electron chi connectivity index (χ3n) is 3.06. The summed E-state index contributed by atoms with van der Waals surface area (Å²) in [6, 6.07) is 8.06. The highest BCUT2D eigenvalue weighted by Crippen LogP contribution is 2.39. The molecule has 2 aromatic rings. The van der Waals surface area contributed by atoms with Gasteiger partial charge in [0.25, 0.3) is 0 Å². The first kappa shape index (κ1) is 11.9. The Morgan fingerprint density at radius 1 is 1.11 bits per heavy atom. The number of aromatic nitrogens is 2. The summed E-state index contributed by atoms with van der Waals surface area (Å²) in [6.07, 6.45) is 2.31. The molecular weight excluding hydrogens is 243 g/mol. The van der Waals surface area contributed by atoms with Crippen molar-refractivity contribution in [1.29, 1.82) is 0 Å². The van der Waals surface area contributed by atoms with Crippen molar-refractivity contribution in [3.8, 4) is 0 Å². The van der Waals surface area contributed by atoms with Crippen molar-refractivity contribution in [2.45, 2.75) is 18.8 Å². The second-order valence-electron chi connectivity index (χ2n) is 4.65. The van der Waals surface area contributed by atoms with E-state index in [4.69, 9.17) is 0 Å². The zero-order valence-electron chi connectivity index (χ0n) is 10.7. The molecule has 0 amide bonds. The van der Waals surface area contributed by atoms with Gasteiger partial charge < -0.3 is 10.6 Å². The van der Waals surface area contributed by atoms with E-state index in [-0.39, 0.29) is 5.82 Å². The van der Waals surface area contributed by atoms with E-state index < -0.39 is 0 Å². The first-order valence-electron chi connectivity index (χ1n) is 6.34. The highest BCUT2D eigenvalue weighted by molar-refractivity contribution is 5.59. The second kappa shape index (κ2) is 4.84.